The van der Waals surface area contributed by atoms with Crippen LogP contribution in [0.25, 0.3) is 0 Å². The Morgan fingerprint density at radius 3 is 2.20 bits per heavy atom. The van der Waals surface area contributed by atoms with Crippen molar-refractivity contribution in [2.45, 2.75) is 0 Å². The first-order chi connectivity index (χ1) is 4.52. The summed E-state index contributed by atoms with van der Waals surface area (Å²) < 4.78 is 15.3. The quantitative estimate of drug-likeness (QED) is 0.422. The molecule has 0 aromatic rings. The molecule has 0 fully saturated rings. The van der Waals surface area contributed by atoms with Crippen molar-refractivity contribution in [1.82, 2.24) is 9.96 Å². The van der Waals surface area contributed by atoms with Crippen LogP contribution in [0.15, 0.2) is 0 Å². The lowest BCUT2D eigenvalue weighted by Crippen LogP contribution is -2.30. The molecule has 0 aromatic heterocycles. The molecule has 1 atom stereocenters. The molecule has 0 rings (SSSR count). The summed E-state index contributed by atoms with van der Waals surface area (Å²) in [5.74, 6) is 0. The van der Waals surface area contributed by atoms with E-state index in [4.69, 9.17) is 4.28 Å². The van der Waals surface area contributed by atoms with Crippen molar-refractivity contribution in [2.75, 3.05) is 34.1 Å². The fourth-order valence-corrected chi connectivity index (χ4v) is 1.01. The zero-order valence-electron chi connectivity index (χ0n) is 6.83. The lowest BCUT2D eigenvalue weighted by atomic mass is 10.8. The second kappa shape index (κ2) is 4.79. The van der Waals surface area contributed by atoms with Crippen LogP contribution in [0.1, 0.15) is 0 Å². The SMILES string of the molecule is CN(C)CN(C)OS(C)=O. The molecule has 0 saturated heterocycles. The van der Waals surface area contributed by atoms with E-state index in [0.717, 1.165) is 0 Å². The maximum atomic E-state index is 10.5. The van der Waals surface area contributed by atoms with Gasteiger partial charge in [0, 0.05) is 13.3 Å². The number of rotatable bonds is 4. The van der Waals surface area contributed by atoms with Gasteiger partial charge in [0.15, 0.2) is 11.1 Å². The molecule has 0 aliphatic carbocycles. The Kier molecular flexibility index (Phi) is 4.80. The summed E-state index contributed by atoms with van der Waals surface area (Å²) in [5.41, 5.74) is 0. The minimum Gasteiger partial charge on any atom is -0.295 e. The van der Waals surface area contributed by atoms with Crippen molar-refractivity contribution in [3.63, 3.8) is 0 Å². The fourth-order valence-electron chi connectivity index (χ4n) is 0.601. The molecular formula is C5H14N2O2S. The summed E-state index contributed by atoms with van der Waals surface area (Å²) in [6.07, 6.45) is 1.49. The zero-order chi connectivity index (χ0) is 8.15. The van der Waals surface area contributed by atoms with Crippen molar-refractivity contribution in [1.29, 1.82) is 0 Å². The Bertz CT molecular complexity index is 118. The largest absolute Gasteiger partial charge is 0.295 e. The predicted octanol–water partition coefficient (Wildman–Crippen LogP) is -0.338. The Balaban J connectivity index is 3.43. The highest BCUT2D eigenvalue weighted by Crippen LogP contribution is 1.88. The van der Waals surface area contributed by atoms with Crippen molar-refractivity contribution in [3.8, 4) is 0 Å². The summed E-state index contributed by atoms with van der Waals surface area (Å²) in [7, 11) is 5.57. The van der Waals surface area contributed by atoms with Crippen LogP contribution in [0.5, 0.6) is 0 Å². The van der Waals surface area contributed by atoms with Gasteiger partial charge in [-0.3, -0.25) is 4.90 Å². The minimum absolute atomic E-state index is 0.638. The van der Waals surface area contributed by atoms with Crippen LogP contribution in [-0.2, 0) is 15.4 Å². The molecule has 0 aliphatic rings. The molecule has 4 nitrogen and oxygen atoms in total. The molecule has 0 aromatic carbocycles. The van der Waals surface area contributed by atoms with E-state index >= 15 is 0 Å². The molecule has 0 aliphatic heterocycles. The van der Waals surface area contributed by atoms with E-state index in [9.17, 15) is 4.21 Å². The number of hydroxylamine groups is 2. The summed E-state index contributed by atoms with van der Waals surface area (Å²) in [5, 5.41) is 1.52. The van der Waals surface area contributed by atoms with Crippen LogP contribution in [0.4, 0.5) is 0 Å². The van der Waals surface area contributed by atoms with Gasteiger partial charge in [-0.15, -0.1) is 0 Å². The molecule has 0 heterocycles. The summed E-state index contributed by atoms with van der Waals surface area (Å²) >= 11 is -1.21. The van der Waals surface area contributed by atoms with Gasteiger partial charge in [-0.1, -0.05) is 0 Å². The van der Waals surface area contributed by atoms with Crippen LogP contribution in [0, 0.1) is 0 Å². The van der Waals surface area contributed by atoms with Crippen molar-refractivity contribution < 1.29 is 8.49 Å². The van der Waals surface area contributed by atoms with Crippen LogP contribution >= 0.6 is 0 Å². The van der Waals surface area contributed by atoms with Gasteiger partial charge in [0.2, 0.25) is 0 Å². The fraction of sp³-hybridized carbons (Fsp3) is 1.00. The molecule has 0 spiro atoms. The zero-order valence-corrected chi connectivity index (χ0v) is 7.64. The molecule has 0 amide bonds. The highest BCUT2D eigenvalue weighted by Gasteiger charge is 2.00. The van der Waals surface area contributed by atoms with E-state index in [2.05, 4.69) is 0 Å². The van der Waals surface area contributed by atoms with Gasteiger partial charge < -0.3 is 0 Å². The van der Waals surface area contributed by atoms with Crippen LogP contribution in [-0.4, -0.2) is 48.2 Å². The summed E-state index contributed by atoms with van der Waals surface area (Å²) in [6, 6.07) is 0. The first-order valence-electron chi connectivity index (χ1n) is 2.90. The minimum atomic E-state index is -1.21. The third-order valence-corrected chi connectivity index (χ3v) is 1.18. The average molecular weight is 166 g/mol. The van der Waals surface area contributed by atoms with E-state index in [1.54, 1.807) is 7.05 Å². The predicted molar refractivity (Wildman–Crippen MR) is 41.5 cm³/mol. The van der Waals surface area contributed by atoms with Crippen molar-refractivity contribution >= 4 is 11.1 Å². The second-order valence-electron chi connectivity index (χ2n) is 2.32. The number of hydrogen-bond acceptors (Lipinski definition) is 4. The molecule has 1 unspecified atom stereocenters. The third kappa shape index (κ3) is 6.15. The molecule has 0 radical (unpaired) electrons. The first kappa shape index (κ1) is 10.0. The van der Waals surface area contributed by atoms with Gasteiger partial charge in [-0.25, -0.2) is 4.21 Å². The van der Waals surface area contributed by atoms with Crippen LogP contribution in [0.2, 0.25) is 0 Å². The smallest absolute Gasteiger partial charge is 0.170 e. The van der Waals surface area contributed by atoms with Gasteiger partial charge in [0.1, 0.15) is 0 Å². The monoisotopic (exact) mass is 166 g/mol. The highest BCUT2D eigenvalue weighted by atomic mass is 32.2. The van der Waals surface area contributed by atoms with E-state index in [0.29, 0.717) is 6.67 Å². The molecular weight excluding hydrogens is 152 g/mol. The van der Waals surface area contributed by atoms with Gasteiger partial charge in [0.25, 0.3) is 0 Å². The lowest BCUT2D eigenvalue weighted by Gasteiger charge is -2.18. The molecule has 10 heavy (non-hydrogen) atoms. The average Bonchev–Trinajstić information content (AvgIpc) is 1.58. The van der Waals surface area contributed by atoms with Crippen LogP contribution in [0.3, 0.4) is 0 Å². The molecule has 0 N–H and O–H groups in total. The van der Waals surface area contributed by atoms with Crippen molar-refractivity contribution in [3.05, 3.63) is 0 Å². The van der Waals surface area contributed by atoms with E-state index in [1.807, 2.05) is 19.0 Å². The van der Waals surface area contributed by atoms with E-state index in [1.165, 1.54) is 11.3 Å². The Morgan fingerprint density at radius 1 is 1.40 bits per heavy atom. The Morgan fingerprint density at radius 2 is 1.90 bits per heavy atom. The summed E-state index contributed by atoms with van der Waals surface area (Å²) in [6.45, 7) is 0.638. The van der Waals surface area contributed by atoms with Gasteiger partial charge >= 0.3 is 0 Å². The molecule has 62 valence electrons. The normalized spacial score (nSPS) is 14.6. The van der Waals surface area contributed by atoms with Gasteiger partial charge in [-0.05, 0) is 14.1 Å². The number of nitrogens with zero attached hydrogens (tertiary/aromatic N) is 2. The number of hydrogen-bond donors (Lipinski definition) is 0. The molecule has 0 bridgehead atoms. The van der Waals surface area contributed by atoms with Crippen LogP contribution < -0.4 is 0 Å². The van der Waals surface area contributed by atoms with Gasteiger partial charge in [0.05, 0.1) is 6.67 Å². The topological polar surface area (TPSA) is 32.8 Å². The standard InChI is InChI=1S/C5H14N2O2S/c1-6(2)5-7(3)9-10(4)8/h5H2,1-4H3. The van der Waals surface area contributed by atoms with Crippen molar-refractivity contribution in [2.24, 2.45) is 0 Å². The van der Waals surface area contributed by atoms with E-state index in [-0.39, 0.29) is 0 Å². The third-order valence-electron chi connectivity index (χ3n) is 0.714. The maximum Gasteiger partial charge on any atom is 0.170 e. The maximum absolute atomic E-state index is 10.5. The molecule has 0 saturated carbocycles. The Hall–Kier alpha value is 0.0300. The second-order valence-corrected chi connectivity index (χ2v) is 3.28. The Labute approximate surface area is 64.4 Å². The summed E-state index contributed by atoms with van der Waals surface area (Å²) in [4.78, 5) is 1.92. The first-order valence-corrected chi connectivity index (χ1v) is 4.38. The lowest BCUT2D eigenvalue weighted by molar-refractivity contribution is -0.0491. The van der Waals surface area contributed by atoms with E-state index < -0.39 is 11.1 Å². The van der Waals surface area contributed by atoms with Gasteiger partial charge in [-0.2, -0.15) is 9.35 Å². The molecule has 5 heteroatoms. The highest BCUT2D eigenvalue weighted by molar-refractivity contribution is 7.79.